The van der Waals surface area contributed by atoms with Gasteiger partial charge in [-0.1, -0.05) is 6.92 Å². The first-order valence-corrected chi connectivity index (χ1v) is 9.51. The highest BCUT2D eigenvalue weighted by molar-refractivity contribution is 5.92. The number of hydrogen-bond acceptors (Lipinski definition) is 5. The molecule has 2 aliphatic heterocycles. The van der Waals surface area contributed by atoms with E-state index in [9.17, 15) is 9.59 Å². The Morgan fingerprint density at radius 2 is 2.04 bits per heavy atom. The molecule has 0 saturated carbocycles. The van der Waals surface area contributed by atoms with E-state index in [1.165, 1.54) is 4.68 Å². The fourth-order valence-electron chi connectivity index (χ4n) is 3.37. The second-order valence-electron chi connectivity index (χ2n) is 7.37. The molecular formula is C18H29N5O3. The molecule has 2 aliphatic rings. The average Bonchev–Trinajstić information content (AvgIpc) is 3.27. The molecule has 26 heavy (non-hydrogen) atoms. The van der Waals surface area contributed by atoms with Gasteiger partial charge >= 0.3 is 0 Å². The molecule has 8 heteroatoms. The lowest BCUT2D eigenvalue weighted by molar-refractivity contribution is -0.122. The van der Waals surface area contributed by atoms with E-state index in [1.54, 1.807) is 12.4 Å². The predicted octanol–water partition coefficient (Wildman–Crippen LogP) is 0.849. The van der Waals surface area contributed by atoms with Gasteiger partial charge in [-0.3, -0.25) is 19.2 Å². The van der Waals surface area contributed by atoms with Crippen molar-refractivity contribution in [3.8, 4) is 0 Å². The zero-order chi connectivity index (χ0) is 18.4. The Morgan fingerprint density at radius 1 is 1.23 bits per heavy atom. The number of amides is 2. The SMILES string of the molecule is CC1CCN(CC(=O)Nc2cnn(CC(=O)NCC3CCCO3)c2)CC1. The maximum absolute atomic E-state index is 12.2. The van der Waals surface area contributed by atoms with Crippen LogP contribution in [0, 0.1) is 5.92 Å². The van der Waals surface area contributed by atoms with E-state index >= 15 is 0 Å². The molecule has 1 atom stereocenters. The van der Waals surface area contributed by atoms with Crippen LogP contribution in [0.4, 0.5) is 5.69 Å². The molecule has 3 rings (SSSR count). The normalized spacial score (nSPS) is 21.7. The van der Waals surface area contributed by atoms with Crippen LogP contribution in [0.2, 0.25) is 0 Å². The van der Waals surface area contributed by atoms with Gasteiger partial charge in [0, 0.05) is 19.3 Å². The van der Waals surface area contributed by atoms with Gasteiger partial charge in [-0.2, -0.15) is 5.10 Å². The van der Waals surface area contributed by atoms with Crippen LogP contribution in [-0.4, -0.2) is 65.4 Å². The summed E-state index contributed by atoms with van der Waals surface area (Å²) in [4.78, 5) is 26.3. The zero-order valence-corrected chi connectivity index (χ0v) is 15.4. The minimum absolute atomic E-state index is 0.0399. The maximum Gasteiger partial charge on any atom is 0.241 e. The van der Waals surface area contributed by atoms with Crippen molar-refractivity contribution in [2.24, 2.45) is 5.92 Å². The summed E-state index contributed by atoms with van der Waals surface area (Å²) in [6.45, 7) is 6.05. The first-order valence-electron chi connectivity index (χ1n) is 9.51. The van der Waals surface area contributed by atoms with Crippen LogP contribution in [0.1, 0.15) is 32.6 Å². The highest BCUT2D eigenvalue weighted by Gasteiger charge is 2.19. The van der Waals surface area contributed by atoms with Crippen molar-refractivity contribution < 1.29 is 14.3 Å². The lowest BCUT2D eigenvalue weighted by Gasteiger charge is -2.29. The summed E-state index contributed by atoms with van der Waals surface area (Å²) in [5.41, 5.74) is 0.618. The summed E-state index contributed by atoms with van der Waals surface area (Å²) in [6.07, 6.45) is 7.72. The molecule has 0 aromatic carbocycles. The molecule has 144 valence electrons. The average molecular weight is 363 g/mol. The number of carbonyl (C=O) groups excluding carboxylic acids is 2. The van der Waals surface area contributed by atoms with Gasteiger partial charge in [0.15, 0.2) is 0 Å². The largest absolute Gasteiger partial charge is 0.376 e. The monoisotopic (exact) mass is 363 g/mol. The van der Waals surface area contributed by atoms with E-state index < -0.39 is 0 Å². The minimum Gasteiger partial charge on any atom is -0.376 e. The quantitative estimate of drug-likeness (QED) is 0.750. The van der Waals surface area contributed by atoms with Crippen LogP contribution < -0.4 is 10.6 Å². The van der Waals surface area contributed by atoms with Crippen LogP contribution in [0.5, 0.6) is 0 Å². The lowest BCUT2D eigenvalue weighted by Crippen LogP contribution is -2.38. The van der Waals surface area contributed by atoms with Crippen molar-refractivity contribution in [2.45, 2.75) is 45.3 Å². The van der Waals surface area contributed by atoms with Crippen LogP contribution in [0.3, 0.4) is 0 Å². The molecule has 2 fully saturated rings. The Kier molecular flexibility index (Phi) is 6.62. The number of anilines is 1. The van der Waals surface area contributed by atoms with Crippen LogP contribution in [0.15, 0.2) is 12.4 Å². The van der Waals surface area contributed by atoms with E-state index in [-0.39, 0.29) is 24.5 Å². The summed E-state index contributed by atoms with van der Waals surface area (Å²) in [7, 11) is 0. The highest BCUT2D eigenvalue weighted by Crippen LogP contribution is 2.15. The van der Waals surface area contributed by atoms with Gasteiger partial charge in [0.25, 0.3) is 0 Å². The molecule has 0 aliphatic carbocycles. The van der Waals surface area contributed by atoms with E-state index in [4.69, 9.17) is 4.74 Å². The molecule has 1 unspecified atom stereocenters. The third kappa shape index (κ3) is 5.81. The van der Waals surface area contributed by atoms with Gasteiger partial charge in [-0.25, -0.2) is 0 Å². The molecule has 0 bridgehead atoms. The Morgan fingerprint density at radius 3 is 2.77 bits per heavy atom. The van der Waals surface area contributed by atoms with Crippen molar-refractivity contribution >= 4 is 17.5 Å². The number of carbonyl (C=O) groups is 2. The molecule has 0 spiro atoms. The Bertz CT molecular complexity index is 604. The van der Waals surface area contributed by atoms with Gasteiger partial charge in [-0.05, 0) is 44.7 Å². The molecule has 2 N–H and O–H groups in total. The van der Waals surface area contributed by atoms with Crippen LogP contribution in [-0.2, 0) is 20.9 Å². The highest BCUT2D eigenvalue weighted by atomic mass is 16.5. The fraction of sp³-hybridized carbons (Fsp3) is 0.722. The molecule has 1 aromatic heterocycles. The summed E-state index contributed by atoms with van der Waals surface area (Å²) < 4.78 is 7.01. The maximum atomic E-state index is 12.2. The predicted molar refractivity (Wildman–Crippen MR) is 97.7 cm³/mol. The summed E-state index contributed by atoms with van der Waals surface area (Å²) in [5, 5.41) is 9.86. The smallest absolute Gasteiger partial charge is 0.241 e. The summed E-state index contributed by atoms with van der Waals surface area (Å²) in [6, 6.07) is 0. The Hall–Kier alpha value is -1.93. The molecule has 3 heterocycles. The van der Waals surface area contributed by atoms with Crippen molar-refractivity contribution in [3.63, 3.8) is 0 Å². The fourth-order valence-corrected chi connectivity index (χ4v) is 3.37. The van der Waals surface area contributed by atoms with E-state index in [0.29, 0.717) is 18.8 Å². The Labute approximate surface area is 154 Å². The van der Waals surface area contributed by atoms with Gasteiger partial charge in [0.05, 0.1) is 24.5 Å². The molecule has 1 aromatic rings. The van der Waals surface area contributed by atoms with Crippen LogP contribution in [0.25, 0.3) is 0 Å². The number of nitrogens with zero attached hydrogens (tertiary/aromatic N) is 3. The second kappa shape index (κ2) is 9.14. The van der Waals surface area contributed by atoms with Gasteiger partial charge < -0.3 is 15.4 Å². The first-order chi connectivity index (χ1) is 12.6. The standard InChI is InChI=1S/C18H29N5O3/c1-14-4-6-22(7-5-14)12-18(25)21-15-9-20-23(11-15)13-17(24)19-10-16-3-2-8-26-16/h9,11,14,16H,2-8,10,12-13H2,1H3,(H,19,24)(H,21,25). The number of piperidine rings is 1. The topological polar surface area (TPSA) is 88.5 Å². The van der Waals surface area contributed by atoms with Crippen molar-refractivity contribution in [3.05, 3.63) is 12.4 Å². The third-order valence-corrected chi connectivity index (χ3v) is 5.02. The van der Waals surface area contributed by atoms with Gasteiger partial charge in [0.1, 0.15) is 6.54 Å². The van der Waals surface area contributed by atoms with Crippen molar-refractivity contribution in [2.75, 3.05) is 38.1 Å². The number of nitrogens with one attached hydrogen (secondary N) is 2. The molecule has 2 saturated heterocycles. The molecule has 2 amide bonds. The molecular weight excluding hydrogens is 334 g/mol. The van der Waals surface area contributed by atoms with E-state index in [0.717, 1.165) is 51.3 Å². The number of hydrogen-bond donors (Lipinski definition) is 2. The summed E-state index contributed by atoms with van der Waals surface area (Å²) >= 11 is 0. The Balaban J connectivity index is 1.38. The van der Waals surface area contributed by atoms with E-state index in [1.807, 2.05) is 0 Å². The second-order valence-corrected chi connectivity index (χ2v) is 7.37. The van der Waals surface area contributed by atoms with Crippen molar-refractivity contribution in [1.29, 1.82) is 0 Å². The molecule has 0 radical (unpaired) electrons. The van der Waals surface area contributed by atoms with E-state index in [2.05, 4.69) is 27.6 Å². The van der Waals surface area contributed by atoms with Crippen LogP contribution >= 0.6 is 0 Å². The minimum atomic E-state index is -0.107. The van der Waals surface area contributed by atoms with Crippen molar-refractivity contribution in [1.82, 2.24) is 20.0 Å². The third-order valence-electron chi connectivity index (χ3n) is 5.02. The van der Waals surface area contributed by atoms with Gasteiger partial charge in [0.2, 0.25) is 11.8 Å². The number of aromatic nitrogens is 2. The lowest BCUT2D eigenvalue weighted by atomic mass is 9.99. The number of likely N-dealkylation sites (tertiary alicyclic amines) is 1. The first kappa shape index (κ1) is 18.8. The number of rotatable bonds is 7. The summed E-state index contributed by atoms with van der Waals surface area (Å²) in [5.74, 6) is 0.602. The number of ether oxygens (including phenoxy) is 1. The molecule has 8 nitrogen and oxygen atoms in total. The zero-order valence-electron chi connectivity index (χ0n) is 15.4. The van der Waals surface area contributed by atoms with Gasteiger partial charge in [-0.15, -0.1) is 0 Å².